The van der Waals surface area contributed by atoms with Crippen molar-refractivity contribution in [1.29, 1.82) is 0 Å². The van der Waals surface area contributed by atoms with Gasteiger partial charge in [-0.15, -0.1) is 11.3 Å². The van der Waals surface area contributed by atoms with E-state index in [4.69, 9.17) is 11.6 Å². The van der Waals surface area contributed by atoms with Crippen molar-refractivity contribution < 1.29 is 14.3 Å². The van der Waals surface area contributed by atoms with Crippen molar-refractivity contribution in [3.05, 3.63) is 50.1 Å². The van der Waals surface area contributed by atoms with Gasteiger partial charge in [-0.25, -0.2) is 4.98 Å². The molecule has 0 aliphatic carbocycles. The average Bonchev–Trinajstić information content (AvgIpc) is 3.04. The largest absolute Gasteiger partial charge is 0.469 e. The number of methoxy groups -OCH3 is 1. The molecule has 3 rings (SSSR count). The van der Waals surface area contributed by atoms with E-state index in [2.05, 4.69) is 15.0 Å². The summed E-state index contributed by atoms with van der Waals surface area (Å²) in [6.45, 7) is 4.24. The third-order valence-electron chi connectivity index (χ3n) is 4.70. The van der Waals surface area contributed by atoms with Gasteiger partial charge in [0.25, 0.3) is 5.56 Å². The highest BCUT2D eigenvalue weighted by Gasteiger charge is 2.19. The first kappa shape index (κ1) is 23.3. The minimum atomic E-state index is -0.311. The minimum Gasteiger partial charge on any atom is -0.469 e. The van der Waals surface area contributed by atoms with Crippen molar-refractivity contribution in [3.8, 4) is 5.69 Å². The molecule has 0 fully saturated rings. The summed E-state index contributed by atoms with van der Waals surface area (Å²) in [5.41, 5.74) is 1.38. The van der Waals surface area contributed by atoms with Crippen molar-refractivity contribution in [1.82, 2.24) is 14.9 Å². The summed E-state index contributed by atoms with van der Waals surface area (Å²) < 4.78 is 6.10. The van der Waals surface area contributed by atoms with Gasteiger partial charge >= 0.3 is 5.97 Å². The van der Waals surface area contributed by atoms with Gasteiger partial charge in [-0.05, 0) is 50.1 Å². The highest BCUT2D eigenvalue weighted by Crippen LogP contribution is 2.29. The van der Waals surface area contributed by atoms with Gasteiger partial charge in [-0.3, -0.25) is 19.0 Å². The highest BCUT2D eigenvalue weighted by molar-refractivity contribution is 7.99. The molecule has 10 heteroatoms. The van der Waals surface area contributed by atoms with Gasteiger partial charge in [0, 0.05) is 22.9 Å². The minimum absolute atomic E-state index is 0.0904. The Bertz CT molecular complexity index is 1170. The number of hydrogen-bond donors (Lipinski definition) is 1. The van der Waals surface area contributed by atoms with Crippen molar-refractivity contribution in [3.63, 3.8) is 0 Å². The maximum Gasteiger partial charge on any atom is 0.305 e. The van der Waals surface area contributed by atoms with Crippen LogP contribution >= 0.6 is 34.7 Å². The van der Waals surface area contributed by atoms with Gasteiger partial charge in [0.2, 0.25) is 5.91 Å². The number of nitrogens with one attached hydrogen (secondary N) is 1. The van der Waals surface area contributed by atoms with E-state index in [1.165, 1.54) is 34.8 Å². The molecule has 31 heavy (non-hydrogen) atoms. The van der Waals surface area contributed by atoms with Gasteiger partial charge in [0.05, 0.1) is 23.9 Å². The summed E-state index contributed by atoms with van der Waals surface area (Å²) in [5, 5.41) is 4.36. The Morgan fingerprint density at radius 2 is 1.97 bits per heavy atom. The quantitative estimate of drug-likeness (QED) is 0.228. The number of rotatable bonds is 8. The number of carbonyl (C=O) groups excluding carboxylic acids is 2. The molecule has 0 spiro atoms. The van der Waals surface area contributed by atoms with Gasteiger partial charge < -0.3 is 10.1 Å². The highest BCUT2D eigenvalue weighted by atomic mass is 35.5. The zero-order valence-electron chi connectivity index (χ0n) is 17.4. The molecule has 7 nitrogen and oxygen atoms in total. The van der Waals surface area contributed by atoms with Crippen LogP contribution in [0.4, 0.5) is 0 Å². The fraction of sp³-hybridized carbons (Fsp3) is 0.333. The first-order valence-electron chi connectivity index (χ1n) is 9.56. The topological polar surface area (TPSA) is 90.3 Å². The summed E-state index contributed by atoms with van der Waals surface area (Å²) in [5.74, 6) is -0.423. The lowest BCUT2D eigenvalue weighted by atomic mass is 10.2. The Balaban J connectivity index is 1.84. The molecule has 0 atom stereocenters. The number of ether oxygens (including phenoxy) is 1. The van der Waals surface area contributed by atoms with Gasteiger partial charge in [0.1, 0.15) is 4.83 Å². The standard InChI is InChI=1S/C21H22ClN3O4S2/c1-12-13(2)31-19-18(12)20(28)25(15-8-6-14(22)7-9-15)21(24-19)30-11-16(26)23-10-4-5-17(27)29-3/h6-9H,4-5,10-11H2,1-3H3,(H,23,26). The van der Waals surface area contributed by atoms with Crippen LogP contribution in [0, 0.1) is 13.8 Å². The zero-order valence-corrected chi connectivity index (χ0v) is 19.7. The number of thioether (sulfide) groups is 1. The van der Waals surface area contributed by atoms with Crippen LogP contribution in [-0.2, 0) is 14.3 Å². The summed E-state index contributed by atoms with van der Waals surface area (Å²) in [7, 11) is 1.33. The van der Waals surface area contributed by atoms with Crippen LogP contribution in [0.2, 0.25) is 5.02 Å². The Morgan fingerprint density at radius 3 is 2.65 bits per heavy atom. The van der Waals surface area contributed by atoms with Crippen molar-refractivity contribution in [2.24, 2.45) is 0 Å². The third-order valence-corrected chi connectivity index (χ3v) is 6.99. The van der Waals surface area contributed by atoms with Crippen molar-refractivity contribution >= 4 is 56.8 Å². The number of halogens is 1. The normalized spacial score (nSPS) is 11.0. The monoisotopic (exact) mass is 479 g/mol. The molecule has 2 heterocycles. The number of aromatic nitrogens is 2. The molecule has 0 unspecified atom stereocenters. The molecule has 164 valence electrons. The van der Waals surface area contributed by atoms with E-state index in [1.54, 1.807) is 24.3 Å². The van der Waals surface area contributed by atoms with Crippen LogP contribution in [0.15, 0.2) is 34.2 Å². The lowest BCUT2D eigenvalue weighted by Gasteiger charge is -2.12. The smallest absolute Gasteiger partial charge is 0.305 e. The van der Waals surface area contributed by atoms with Gasteiger partial charge in [-0.2, -0.15) is 0 Å². The maximum absolute atomic E-state index is 13.4. The number of carbonyl (C=O) groups is 2. The molecule has 0 bridgehead atoms. The number of amides is 1. The van der Waals surface area contributed by atoms with Gasteiger partial charge in [-0.1, -0.05) is 23.4 Å². The predicted octanol–water partition coefficient (Wildman–Crippen LogP) is 3.88. The molecule has 0 aliphatic rings. The van der Waals surface area contributed by atoms with Gasteiger partial charge in [0.15, 0.2) is 5.16 Å². The molecule has 0 saturated heterocycles. The van der Waals surface area contributed by atoms with Crippen LogP contribution in [0.1, 0.15) is 23.3 Å². The number of nitrogens with zero attached hydrogens (tertiary/aromatic N) is 2. The van der Waals surface area contributed by atoms with Crippen LogP contribution in [0.25, 0.3) is 15.9 Å². The second-order valence-corrected chi connectivity index (χ2v) is 9.38. The van der Waals surface area contributed by atoms with E-state index in [1.807, 2.05) is 13.8 Å². The Morgan fingerprint density at radius 1 is 1.26 bits per heavy atom. The number of fused-ring (bicyclic) bond motifs is 1. The molecular formula is C21H22ClN3O4S2. The number of benzene rings is 1. The maximum atomic E-state index is 13.4. The summed E-state index contributed by atoms with van der Waals surface area (Å²) in [4.78, 5) is 43.1. The molecule has 1 N–H and O–H groups in total. The first-order chi connectivity index (χ1) is 14.8. The first-order valence-corrected chi connectivity index (χ1v) is 11.7. The van der Waals surface area contributed by atoms with Crippen molar-refractivity contribution in [2.45, 2.75) is 31.8 Å². The fourth-order valence-corrected chi connectivity index (χ4v) is 4.97. The molecule has 1 amide bonds. The second kappa shape index (κ2) is 10.3. The molecular weight excluding hydrogens is 458 g/mol. The summed E-state index contributed by atoms with van der Waals surface area (Å²) in [6, 6.07) is 6.93. The van der Waals surface area contributed by atoms with E-state index >= 15 is 0 Å². The Hall–Kier alpha value is -2.36. The van der Waals surface area contributed by atoms with Crippen LogP contribution in [0.5, 0.6) is 0 Å². The molecule has 0 saturated carbocycles. The number of esters is 1. The number of thiophene rings is 1. The SMILES string of the molecule is COC(=O)CCCNC(=O)CSc1nc2sc(C)c(C)c2c(=O)n1-c1ccc(Cl)cc1. The van der Waals surface area contributed by atoms with Crippen LogP contribution < -0.4 is 10.9 Å². The molecule has 3 aromatic rings. The van der Waals surface area contributed by atoms with E-state index in [0.717, 1.165) is 10.4 Å². The average molecular weight is 480 g/mol. The lowest BCUT2D eigenvalue weighted by Crippen LogP contribution is -2.27. The summed E-state index contributed by atoms with van der Waals surface area (Å²) >= 11 is 8.66. The Kier molecular flexibility index (Phi) is 7.74. The number of hydrogen-bond acceptors (Lipinski definition) is 7. The van der Waals surface area contributed by atoms with Crippen LogP contribution in [-0.4, -0.2) is 40.8 Å². The zero-order chi connectivity index (χ0) is 22.5. The Labute approximate surface area is 192 Å². The van der Waals surface area contributed by atoms with Crippen LogP contribution in [0.3, 0.4) is 0 Å². The van der Waals surface area contributed by atoms with E-state index in [9.17, 15) is 14.4 Å². The lowest BCUT2D eigenvalue weighted by molar-refractivity contribution is -0.140. The molecule has 2 aromatic heterocycles. The molecule has 1 aromatic carbocycles. The second-order valence-electron chi connectivity index (χ2n) is 6.79. The number of aryl methyl sites for hydroxylation is 2. The third kappa shape index (κ3) is 5.47. The van der Waals surface area contributed by atoms with E-state index in [0.29, 0.717) is 39.0 Å². The summed E-state index contributed by atoms with van der Waals surface area (Å²) in [6.07, 6.45) is 0.742. The van der Waals surface area contributed by atoms with Crippen molar-refractivity contribution in [2.75, 3.05) is 19.4 Å². The molecule has 0 radical (unpaired) electrons. The fourth-order valence-electron chi connectivity index (χ4n) is 2.93. The predicted molar refractivity (Wildman–Crippen MR) is 125 cm³/mol. The van der Waals surface area contributed by atoms with E-state index < -0.39 is 0 Å². The molecule has 0 aliphatic heterocycles. The van der Waals surface area contributed by atoms with E-state index in [-0.39, 0.29) is 29.6 Å².